The molecule has 0 aliphatic heterocycles. The van der Waals surface area contributed by atoms with Gasteiger partial charge in [-0.3, -0.25) is 10.1 Å². The van der Waals surface area contributed by atoms with Crippen molar-refractivity contribution in [2.75, 3.05) is 12.4 Å². The zero-order chi connectivity index (χ0) is 16.8. The van der Waals surface area contributed by atoms with Gasteiger partial charge in [-0.2, -0.15) is 0 Å². The third-order valence-electron chi connectivity index (χ3n) is 3.52. The second-order valence-corrected chi connectivity index (χ2v) is 5.70. The number of hydrogen-bond acceptors (Lipinski definition) is 5. The Labute approximate surface area is 135 Å². The molecule has 0 saturated heterocycles. The number of hydrogen-bond donors (Lipinski definition) is 1. The van der Waals surface area contributed by atoms with Crippen LogP contribution in [0.25, 0.3) is 0 Å². The number of pyridine rings is 1. The molecule has 0 fully saturated rings. The topological polar surface area (TPSA) is 77.3 Å². The monoisotopic (exact) mass is 315 g/mol. The summed E-state index contributed by atoms with van der Waals surface area (Å²) in [7, 11) is 1.62. The van der Waals surface area contributed by atoms with Crippen LogP contribution in [0.3, 0.4) is 0 Å². The van der Waals surface area contributed by atoms with Crippen molar-refractivity contribution in [3.63, 3.8) is 0 Å². The summed E-state index contributed by atoms with van der Waals surface area (Å²) in [6, 6.07) is 10.6. The number of benzene rings is 1. The normalized spacial score (nSPS) is 12.0. The molecule has 1 N–H and O–H groups in total. The van der Waals surface area contributed by atoms with Crippen LogP contribution in [0.4, 0.5) is 11.5 Å². The molecule has 0 saturated carbocycles. The largest absolute Gasteiger partial charge is 0.496 e. The summed E-state index contributed by atoms with van der Waals surface area (Å²) in [5.41, 5.74) is 0.930. The van der Waals surface area contributed by atoms with Crippen molar-refractivity contribution in [1.82, 2.24) is 4.98 Å². The van der Waals surface area contributed by atoms with E-state index in [1.165, 1.54) is 6.07 Å². The van der Waals surface area contributed by atoms with Crippen LogP contribution in [0.5, 0.6) is 5.75 Å². The molecule has 1 unspecified atom stereocenters. The van der Waals surface area contributed by atoms with Crippen LogP contribution in [0, 0.1) is 16.0 Å². The van der Waals surface area contributed by atoms with Gasteiger partial charge in [-0.05, 0) is 24.5 Å². The molecule has 1 aromatic heterocycles. The molecule has 6 heteroatoms. The number of anilines is 1. The van der Waals surface area contributed by atoms with E-state index in [-0.39, 0.29) is 17.5 Å². The Bertz CT molecular complexity index is 674. The second-order valence-electron chi connectivity index (χ2n) is 5.70. The van der Waals surface area contributed by atoms with Crippen molar-refractivity contribution in [3.05, 3.63) is 58.3 Å². The number of nitrogens with one attached hydrogen (secondary N) is 1. The van der Waals surface area contributed by atoms with Crippen molar-refractivity contribution < 1.29 is 9.66 Å². The minimum absolute atomic E-state index is 0.0313. The summed E-state index contributed by atoms with van der Waals surface area (Å²) in [6.45, 7) is 4.22. The SMILES string of the molecule is COc1ccccc1C(CC(C)C)Nc1ncccc1[N+](=O)[O-]. The summed E-state index contributed by atoms with van der Waals surface area (Å²) in [4.78, 5) is 14.9. The highest BCUT2D eigenvalue weighted by atomic mass is 16.6. The molecule has 6 nitrogen and oxygen atoms in total. The third kappa shape index (κ3) is 4.18. The lowest BCUT2D eigenvalue weighted by molar-refractivity contribution is -0.384. The number of aromatic nitrogens is 1. The lowest BCUT2D eigenvalue weighted by Gasteiger charge is -2.23. The van der Waals surface area contributed by atoms with Crippen LogP contribution in [0.15, 0.2) is 42.6 Å². The number of nitro groups is 1. The molecule has 2 rings (SSSR count). The minimum atomic E-state index is -0.427. The average Bonchev–Trinajstić information content (AvgIpc) is 2.54. The molecule has 1 atom stereocenters. The van der Waals surface area contributed by atoms with Crippen LogP contribution < -0.4 is 10.1 Å². The molecule has 0 spiro atoms. The molecule has 2 aromatic rings. The summed E-state index contributed by atoms with van der Waals surface area (Å²) >= 11 is 0. The predicted octanol–water partition coefficient (Wildman–Crippen LogP) is 4.20. The highest BCUT2D eigenvalue weighted by Crippen LogP contribution is 2.33. The fraction of sp³-hybridized carbons (Fsp3) is 0.353. The van der Waals surface area contributed by atoms with Crippen molar-refractivity contribution >= 4 is 11.5 Å². The van der Waals surface area contributed by atoms with E-state index in [1.54, 1.807) is 19.4 Å². The molecule has 122 valence electrons. The number of para-hydroxylation sites is 1. The maximum atomic E-state index is 11.2. The zero-order valence-corrected chi connectivity index (χ0v) is 13.5. The molecule has 0 radical (unpaired) electrons. The predicted molar refractivity (Wildman–Crippen MR) is 89.7 cm³/mol. The van der Waals surface area contributed by atoms with Gasteiger partial charge in [-0.25, -0.2) is 4.98 Å². The van der Waals surface area contributed by atoms with E-state index in [1.807, 2.05) is 24.3 Å². The van der Waals surface area contributed by atoms with Gasteiger partial charge in [0.2, 0.25) is 5.82 Å². The molecule has 0 amide bonds. The van der Waals surface area contributed by atoms with Crippen molar-refractivity contribution in [2.24, 2.45) is 5.92 Å². The Morgan fingerprint density at radius 3 is 2.65 bits per heavy atom. The van der Waals surface area contributed by atoms with E-state index < -0.39 is 4.92 Å². The van der Waals surface area contributed by atoms with Crippen LogP contribution >= 0.6 is 0 Å². The summed E-state index contributed by atoms with van der Waals surface area (Å²) in [6.07, 6.45) is 2.35. The van der Waals surface area contributed by atoms with Crippen LogP contribution in [0.1, 0.15) is 31.9 Å². The fourth-order valence-corrected chi connectivity index (χ4v) is 2.51. The highest BCUT2D eigenvalue weighted by Gasteiger charge is 2.22. The first kappa shape index (κ1) is 16.7. The first-order chi connectivity index (χ1) is 11.0. The Balaban J connectivity index is 2.39. The highest BCUT2D eigenvalue weighted by molar-refractivity contribution is 5.57. The molecule has 1 aromatic carbocycles. The lowest BCUT2D eigenvalue weighted by Crippen LogP contribution is -2.16. The first-order valence-electron chi connectivity index (χ1n) is 7.51. The zero-order valence-electron chi connectivity index (χ0n) is 13.5. The van der Waals surface area contributed by atoms with Gasteiger partial charge in [0.05, 0.1) is 18.1 Å². The van der Waals surface area contributed by atoms with Crippen molar-refractivity contribution in [2.45, 2.75) is 26.3 Å². The van der Waals surface area contributed by atoms with E-state index in [4.69, 9.17) is 4.74 Å². The van der Waals surface area contributed by atoms with E-state index in [0.717, 1.165) is 17.7 Å². The van der Waals surface area contributed by atoms with Crippen LogP contribution in [-0.2, 0) is 0 Å². The van der Waals surface area contributed by atoms with E-state index in [2.05, 4.69) is 24.1 Å². The van der Waals surface area contributed by atoms with Gasteiger partial charge in [-0.1, -0.05) is 32.0 Å². The molecule has 0 aliphatic rings. The Morgan fingerprint density at radius 2 is 2.00 bits per heavy atom. The quantitative estimate of drug-likeness (QED) is 0.612. The van der Waals surface area contributed by atoms with Crippen molar-refractivity contribution in [3.8, 4) is 5.75 Å². The number of ether oxygens (including phenoxy) is 1. The molecule has 1 heterocycles. The van der Waals surface area contributed by atoms with Gasteiger partial charge in [0, 0.05) is 17.8 Å². The van der Waals surface area contributed by atoms with Gasteiger partial charge >= 0.3 is 5.69 Å². The van der Waals surface area contributed by atoms with E-state index >= 15 is 0 Å². The average molecular weight is 315 g/mol. The summed E-state index contributed by atoms with van der Waals surface area (Å²) in [5.74, 6) is 1.43. The summed E-state index contributed by atoms with van der Waals surface area (Å²) in [5, 5.41) is 14.4. The maximum Gasteiger partial charge on any atom is 0.311 e. The lowest BCUT2D eigenvalue weighted by atomic mass is 9.96. The standard InChI is InChI=1S/C17H21N3O3/c1-12(2)11-14(13-7-4-5-9-16(13)23-3)19-17-15(20(21)22)8-6-10-18-17/h4-10,12,14H,11H2,1-3H3,(H,18,19). The first-order valence-corrected chi connectivity index (χ1v) is 7.51. The second kappa shape index (κ2) is 7.58. The van der Waals surface area contributed by atoms with Gasteiger partial charge in [0.1, 0.15) is 5.75 Å². The van der Waals surface area contributed by atoms with Crippen molar-refractivity contribution in [1.29, 1.82) is 0 Å². The molecular weight excluding hydrogens is 294 g/mol. The van der Waals surface area contributed by atoms with E-state index in [0.29, 0.717) is 5.92 Å². The van der Waals surface area contributed by atoms with Gasteiger partial charge < -0.3 is 10.1 Å². The molecule has 0 bridgehead atoms. The summed E-state index contributed by atoms with van der Waals surface area (Å²) < 4.78 is 5.43. The number of nitrogens with zero attached hydrogens (tertiary/aromatic N) is 2. The number of methoxy groups -OCH3 is 1. The van der Waals surface area contributed by atoms with Gasteiger partial charge in [0.25, 0.3) is 0 Å². The molecular formula is C17H21N3O3. The molecule has 0 aliphatic carbocycles. The van der Waals surface area contributed by atoms with Crippen LogP contribution in [0.2, 0.25) is 0 Å². The maximum absolute atomic E-state index is 11.2. The smallest absolute Gasteiger partial charge is 0.311 e. The van der Waals surface area contributed by atoms with Gasteiger partial charge in [0.15, 0.2) is 0 Å². The number of rotatable bonds is 7. The fourth-order valence-electron chi connectivity index (χ4n) is 2.51. The van der Waals surface area contributed by atoms with Crippen LogP contribution in [-0.4, -0.2) is 17.0 Å². The Morgan fingerprint density at radius 1 is 1.26 bits per heavy atom. The Kier molecular flexibility index (Phi) is 5.51. The molecule has 23 heavy (non-hydrogen) atoms. The minimum Gasteiger partial charge on any atom is -0.496 e. The van der Waals surface area contributed by atoms with Gasteiger partial charge in [-0.15, -0.1) is 0 Å². The third-order valence-corrected chi connectivity index (χ3v) is 3.52. The van der Waals surface area contributed by atoms with E-state index in [9.17, 15) is 10.1 Å². The Hall–Kier alpha value is -2.63.